The van der Waals surface area contributed by atoms with E-state index in [1.54, 1.807) is 14.2 Å². The highest BCUT2D eigenvalue weighted by Gasteiger charge is 2.38. The van der Waals surface area contributed by atoms with Crippen LogP contribution >= 0.6 is 0 Å². The number of rotatable bonds is 4. The molecule has 4 nitrogen and oxygen atoms in total. The predicted octanol–water partition coefficient (Wildman–Crippen LogP) is 3.28. The third-order valence-electron chi connectivity index (χ3n) is 5.77. The topological polar surface area (TPSA) is 41.9 Å². The second kappa shape index (κ2) is 8.33. The van der Waals surface area contributed by atoms with Crippen LogP contribution < -0.4 is 9.47 Å². The fraction of sp³-hybridized carbons (Fsp3) is 0.636. The Balaban J connectivity index is 1.92. The second-order valence-electron chi connectivity index (χ2n) is 7.88. The molecule has 0 aromatic heterocycles. The molecule has 1 fully saturated rings. The van der Waals surface area contributed by atoms with E-state index < -0.39 is 0 Å². The fourth-order valence-corrected chi connectivity index (χ4v) is 4.63. The van der Waals surface area contributed by atoms with E-state index >= 15 is 0 Å². The van der Waals surface area contributed by atoms with E-state index in [4.69, 9.17) is 14.6 Å². The van der Waals surface area contributed by atoms with E-state index in [0.29, 0.717) is 23.8 Å². The van der Waals surface area contributed by atoms with Gasteiger partial charge in [-0.1, -0.05) is 25.7 Å². The molecule has 0 radical (unpaired) electrons. The average Bonchev–Trinajstić information content (AvgIpc) is 2.64. The maximum Gasteiger partial charge on any atom is 0.161 e. The lowest BCUT2D eigenvalue weighted by molar-refractivity contribution is 0.0648. The van der Waals surface area contributed by atoms with Crippen LogP contribution in [0, 0.1) is 29.6 Å². The van der Waals surface area contributed by atoms with E-state index in [9.17, 15) is 0 Å². The minimum absolute atomic E-state index is 0.0547. The summed E-state index contributed by atoms with van der Waals surface area (Å²) in [4.78, 5) is 2.62. The van der Waals surface area contributed by atoms with E-state index in [1.807, 2.05) is 0 Å². The average molecular weight is 357 g/mol. The highest BCUT2D eigenvalue weighted by atomic mass is 16.5. The van der Waals surface area contributed by atoms with Gasteiger partial charge in [0, 0.05) is 25.0 Å². The first-order valence-electron chi connectivity index (χ1n) is 9.65. The lowest BCUT2D eigenvalue weighted by atomic mass is 9.74. The number of hydrogen-bond acceptors (Lipinski definition) is 4. The molecule has 0 aliphatic carbocycles. The lowest BCUT2D eigenvalue weighted by Gasteiger charge is -2.46. The van der Waals surface area contributed by atoms with Crippen LogP contribution in [0.25, 0.3) is 0 Å². The molecule has 1 aromatic rings. The summed E-state index contributed by atoms with van der Waals surface area (Å²) < 4.78 is 11.0. The molecular formula is C22H31NO3. The monoisotopic (exact) mass is 357 g/mol. The zero-order chi connectivity index (χ0) is 18.7. The molecule has 2 aliphatic heterocycles. The lowest BCUT2D eigenvalue weighted by Crippen LogP contribution is -2.46. The molecule has 0 unspecified atom stereocenters. The number of piperidine rings is 1. The van der Waals surface area contributed by atoms with Gasteiger partial charge in [-0.25, -0.2) is 0 Å². The normalized spacial score (nSPS) is 25.1. The number of nitrogens with zero attached hydrogens (tertiary/aromatic N) is 1. The van der Waals surface area contributed by atoms with Crippen molar-refractivity contribution in [2.45, 2.75) is 39.2 Å². The number of hydrogen-bond donors (Lipinski definition) is 1. The van der Waals surface area contributed by atoms with Crippen molar-refractivity contribution in [3.63, 3.8) is 0 Å². The first-order valence-corrected chi connectivity index (χ1v) is 9.65. The summed E-state index contributed by atoms with van der Waals surface area (Å²) in [5, 5.41) is 9.17. The summed E-state index contributed by atoms with van der Waals surface area (Å²) in [5.74, 6) is 9.47. The third-order valence-corrected chi connectivity index (χ3v) is 5.77. The van der Waals surface area contributed by atoms with Crippen molar-refractivity contribution < 1.29 is 14.6 Å². The van der Waals surface area contributed by atoms with Crippen molar-refractivity contribution in [3.8, 4) is 23.3 Å². The van der Waals surface area contributed by atoms with Crippen molar-refractivity contribution >= 4 is 0 Å². The van der Waals surface area contributed by atoms with E-state index in [1.165, 1.54) is 17.5 Å². The van der Waals surface area contributed by atoms with Gasteiger partial charge >= 0.3 is 0 Å². The van der Waals surface area contributed by atoms with E-state index in [2.05, 4.69) is 42.7 Å². The van der Waals surface area contributed by atoms with Crippen LogP contribution in [0.1, 0.15) is 43.9 Å². The van der Waals surface area contributed by atoms with Crippen molar-refractivity contribution in [2.24, 2.45) is 17.8 Å². The largest absolute Gasteiger partial charge is 0.493 e. The Morgan fingerprint density at radius 1 is 1.23 bits per heavy atom. The van der Waals surface area contributed by atoms with Gasteiger partial charge in [0.2, 0.25) is 0 Å². The summed E-state index contributed by atoms with van der Waals surface area (Å²) >= 11 is 0. The Morgan fingerprint density at radius 2 is 1.96 bits per heavy atom. The second-order valence-corrected chi connectivity index (χ2v) is 7.88. The van der Waals surface area contributed by atoms with Gasteiger partial charge in [-0.2, -0.15) is 0 Å². The Bertz CT molecular complexity index is 689. The standard InChI is InChI=1S/C22H31NO3/c1-15(2)10-18-14-23-8-7-17-12-21(25-3)22(26-4)13-19(17)20(23)11-16(18)6-5-9-24/h12-13,15-16,18,20,24H,7-11,14H2,1-4H3/t16-,18+,20+/m0/s1. The highest BCUT2D eigenvalue weighted by molar-refractivity contribution is 5.49. The fourth-order valence-electron chi connectivity index (χ4n) is 4.63. The highest BCUT2D eigenvalue weighted by Crippen LogP contribution is 2.45. The maximum atomic E-state index is 9.17. The molecule has 1 saturated heterocycles. The van der Waals surface area contributed by atoms with Crippen LogP contribution in [0.3, 0.4) is 0 Å². The molecule has 2 heterocycles. The van der Waals surface area contributed by atoms with Crippen LogP contribution in [-0.4, -0.2) is 43.9 Å². The van der Waals surface area contributed by atoms with Crippen molar-refractivity contribution in [2.75, 3.05) is 33.9 Å². The Hall–Kier alpha value is -1.70. The summed E-state index contributed by atoms with van der Waals surface area (Å²) in [5.41, 5.74) is 2.72. The predicted molar refractivity (Wildman–Crippen MR) is 103 cm³/mol. The van der Waals surface area contributed by atoms with Gasteiger partial charge in [-0.05, 0) is 54.4 Å². The molecule has 3 rings (SSSR count). The molecule has 26 heavy (non-hydrogen) atoms. The molecule has 1 aromatic carbocycles. The molecule has 0 saturated carbocycles. The molecule has 4 heteroatoms. The zero-order valence-electron chi connectivity index (χ0n) is 16.4. The first kappa shape index (κ1) is 19.1. The SMILES string of the molecule is COc1cc2c(cc1OC)[C@H]1C[C@H](C#CCO)[C@H](CC(C)C)CN1CC2. The van der Waals surface area contributed by atoms with Crippen molar-refractivity contribution in [1.29, 1.82) is 0 Å². The molecule has 2 aliphatic rings. The van der Waals surface area contributed by atoms with Crippen molar-refractivity contribution in [1.82, 2.24) is 4.90 Å². The molecule has 3 atom stereocenters. The maximum absolute atomic E-state index is 9.17. The first-order chi connectivity index (χ1) is 12.6. The summed E-state index contributed by atoms with van der Waals surface area (Å²) in [6, 6.07) is 4.67. The zero-order valence-corrected chi connectivity index (χ0v) is 16.4. The van der Waals surface area contributed by atoms with Gasteiger partial charge in [-0.15, -0.1) is 0 Å². The van der Waals surface area contributed by atoms with Gasteiger partial charge in [0.25, 0.3) is 0 Å². The van der Waals surface area contributed by atoms with Crippen molar-refractivity contribution in [3.05, 3.63) is 23.3 Å². The summed E-state index contributed by atoms with van der Waals surface area (Å²) in [6.45, 7) is 6.68. The molecule has 0 bridgehead atoms. The third kappa shape index (κ3) is 3.84. The number of methoxy groups -OCH3 is 2. The molecule has 0 spiro atoms. The van der Waals surface area contributed by atoms with Gasteiger partial charge < -0.3 is 14.6 Å². The van der Waals surface area contributed by atoms with Crippen LogP contribution in [0.15, 0.2) is 12.1 Å². The van der Waals surface area contributed by atoms with Gasteiger partial charge in [0.05, 0.1) is 14.2 Å². The van der Waals surface area contributed by atoms with Gasteiger partial charge in [-0.3, -0.25) is 4.90 Å². The molecule has 1 N–H and O–H groups in total. The number of aliphatic hydroxyl groups is 1. The van der Waals surface area contributed by atoms with Crippen LogP contribution in [0.2, 0.25) is 0 Å². The minimum Gasteiger partial charge on any atom is -0.493 e. The van der Waals surface area contributed by atoms with Gasteiger partial charge in [0.1, 0.15) is 6.61 Å². The summed E-state index contributed by atoms with van der Waals surface area (Å²) in [6.07, 6.45) is 3.26. The summed E-state index contributed by atoms with van der Waals surface area (Å²) in [7, 11) is 3.39. The van der Waals surface area contributed by atoms with Crippen LogP contribution in [-0.2, 0) is 6.42 Å². The van der Waals surface area contributed by atoms with E-state index in [0.717, 1.165) is 37.4 Å². The minimum atomic E-state index is -0.0547. The van der Waals surface area contributed by atoms with Crippen LogP contribution in [0.4, 0.5) is 0 Å². The number of benzene rings is 1. The molecular weight excluding hydrogens is 326 g/mol. The molecule has 142 valence electrons. The Morgan fingerprint density at radius 3 is 2.62 bits per heavy atom. The van der Waals surface area contributed by atoms with Crippen LogP contribution in [0.5, 0.6) is 11.5 Å². The Labute approximate surface area is 157 Å². The quantitative estimate of drug-likeness (QED) is 0.840. The number of ether oxygens (including phenoxy) is 2. The Kier molecular flexibility index (Phi) is 6.11. The smallest absolute Gasteiger partial charge is 0.161 e. The molecule has 0 amide bonds. The number of fused-ring (bicyclic) bond motifs is 3. The van der Waals surface area contributed by atoms with Gasteiger partial charge in [0.15, 0.2) is 11.5 Å². The van der Waals surface area contributed by atoms with E-state index in [-0.39, 0.29) is 6.61 Å². The number of aliphatic hydroxyl groups excluding tert-OH is 1.